The number of hydrogen-bond donors (Lipinski definition) is 0. The molecule has 10 heavy (non-hydrogen) atoms. The Morgan fingerprint density at radius 3 is 2.70 bits per heavy atom. The number of rotatable bonds is 1. The van der Waals surface area contributed by atoms with E-state index < -0.39 is 0 Å². The second-order valence-corrected chi connectivity index (χ2v) is 2.01. The van der Waals surface area contributed by atoms with Crippen molar-refractivity contribution in [2.75, 3.05) is 0 Å². The normalized spacial score (nSPS) is 10.0. The molecule has 0 fully saturated rings. The summed E-state index contributed by atoms with van der Waals surface area (Å²) in [5, 5.41) is 7.38. The minimum atomic E-state index is 1.10. The van der Waals surface area contributed by atoms with Gasteiger partial charge < -0.3 is 4.57 Å². The average molecular weight is 132 g/mol. The highest BCUT2D eigenvalue weighted by Gasteiger charge is 1.85. The fraction of sp³-hybridized carbons (Fsp3) is 0. The highest BCUT2D eigenvalue weighted by Crippen LogP contribution is 1.96. The summed E-state index contributed by atoms with van der Waals surface area (Å²) in [6, 6.07) is 7.97. The zero-order chi connectivity index (χ0) is 6.81. The van der Waals surface area contributed by atoms with Crippen LogP contribution in [0.5, 0.6) is 0 Å². The largest absolute Gasteiger partial charge is 0.395 e. The van der Waals surface area contributed by atoms with Crippen molar-refractivity contribution in [1.29, 1.82) is 0 Å². The molecule has 1 aromatic carbocycles. The molecule has 0 unspecified atom stereocenters. The first-order valence-electron chi connectivity index (χ1n) is 3.03. The van der Waals surface area contributed by atoms with Crippen molar-refractivity contribution >= 4 is 0 Å². The van der Waals surface area contributed by atoms with Crippen LogP contribution in [0.3, 0.4) is 0 Å². The topological polar surface area (TPSA) is 29.7 Å². The van der Waals surface area contributed by atoms with Gasteiger partial charge in [0.25, 0.3) is 0 Å². The minimum Gasteiger partial charge on any atom is -0.395 e. The first-order valence-corrected chi connectivity index (χ1v) is 3.03. The third-order valence-corrected chi connectivity index (χ3v) is 1.36. The van der Waals surface area contributed by atoms with E-state index in [-0.39, 0.29) is 0 Å². The van der Waals surface area contributed by atoms with Crippen LogP contribution >= 0.6 is 0 Å². The molecule has 3 nitrogen and oxygen atoms in total. The van der Waals surface area contributed by atoms with Gasteiger partial charge in [0, 0.05) is 0 Å². The molecule has 0 radical (unpaired) electrons. The molecule has 2 rings (SSSR count). The first-order chi connectivity index (χ1) is 4.97. The van der Waals surface area contributed by atoms with Crippen LogP contribution in [0.4, 0.5) is 0 Å². The van der Waals surface area contributed by atoms with E-state index in [0.29, 0.717) is 0 Å². The Morgan fingerprint density at radius 2 is 2.10 bits per heavy atom. The van der Waals surface area contributed by atoms with Crippen molar-refractivity contribution in [3.63, 3.8) is 0 Å². The van der Waals surface area contributed by atoms with Gasteiger partial charge in [-0.15, -0.1) is 0 Å². The zero-order valence-electron chi connectivity index (χ0n) is 5.31. The Balaban J connectivity index is 2.48. The highest BCUT2D eigenvalue weighted by molar-refractivity contribution is 5.22. The Kier molecular flexibility index (Phi) is 1.07. The maximum absolute atomic E-state index is 3.69. The summed E-state index contributed by atoms with van der Waals surface area (Å²) in [6.45, 7) is 0. The lowest BCUT2D eigenvalue weighted by Gasteiger charge is -2.00. The van der Waals surface area contributed by atoms with Crippen LogP contribution in [0.2, 0.25) is 0 Å². The molecule has 0 saturated heterocycles. The molecule has 3 heteroatoms. The maximum atomic E-state index is 3.69. The van der Waals surface area contributed by atoms with Crippen molar-refractivity contribution in [3.8, 4) is 5.69 Å². The molecule has 0 N–H and O–H groups in total. The van der Waals surface area contributed by atoms with Gasteiger partial charge in [-0.2, -0.15) is 12.1 Å². The Hall–Kier alpha value is -1.51. The molecule has 0 saturated carbocycles. The monoisotopic (exact) mass is 132 g/mol. The van der Waals surface area contributed by atoms with Crippen LogP contribution in [-0.2, 0) is 0 Å². The van der Waals surface area contributed by atoms with Gasteiger partial charge in [-0.05, 0) is 10.2 Å². The van der Waals surface area contributed by atoms with Gasteiger partial charge in [-0.3, -0.25) is 0 Å². The van der Waals surface area contributed by atoms with E-state index in [9.17, 15) is 0 Å². The second kappa shape index (κ2) is 2.02. The predicted octanol–water partition coefficient (Wildman–Crippen LogP) is 0.191. The highest BCUT2D eigenvalue weighted by atomic mass is 15.2. The SMILES string of the molecule is c1cc[c-](-[n+]2cnn[cH-]2)c1. The van der Waals surface area contributed by atoms with Crippen LogP contribution in [0.1, 0.15) is 0 Å². The molecule has 0 atom stereocenters. The number of aromatic nitrogens is 3. The van der Waals surface area contributed by atoms with E-state index in [2.05, 4.69) is 10.2 Å². The standard InChI is InChI=1S/C7H6N3/c1-2-4-7(3-1)10-5-8-9-6-10/h1-6H/q-1. The van der Waals surface area contributed by atoms with E-state index in [0.717, 1.165) is 5.69 Å². The van der Waals surface area contributed by atoms with Crippen molar-refractivity contribution in [2.45, 2.75) is 0 Å². The summed E-state index contributed by atoms with van der Waals surface area (Å²) in [5.74, 6) is 0. The predicted molar refractivity (Wildman–Crippen MR) is 34.8 cm³/mol. The van der Waals surface area contributed by atoms with Crippen LogP contribution in [0.15, 0.2) is 36.9 Å². The molecule has 50 valence electrons. The minimum absolute atomic E-state index is 1.10. The quantitative estimate of drug-likeness (QED) is 0.409. The fourth-order valence-electron chi connectivity index (χ4n) is 0.870. The lowest BCUT2D eigenvalue weighted by Crippen LogP contribution is -2.25. The number of nitrogens with zero attached hydrogens (tertiary/aromatic N) is 3. The number of hydrogen-bond acceptors (Lipinski definition) is 2. The smallest absolute Gasteiger partial charge is 0.143 e. The van der Waals surface area contributed by atoms with Crippen LogP contribution in [0, 0.1) is 0 Å². The lowest BCUT2D eigenvalue weighted by atomic mass is 10.5. The van der Waals surface area contributed by atoms with E-state index >= 15 is 0 Å². The van der Waals surface area contributed by atoms with Crippen molar-refractivity contribution in [2.24, 2.45) is 0 Å². The van der Waals surface area contributed by atoms with Gasteiger partial charge in [0.15, 0.2) is 0 Å². The Morgan fingerprint density at radius 1 is 1.30 bits per heavy atom. The maximum Gasteiger partial charge on any atom is 0.143 e. The van der Waals surface area contributed by atoms with E-state index in [1.165, 1.54) is 0 Å². The summed E-state index contributed by atoms with van der Waals surface area (Å²) in [7, 11) is 0. The van der Waals surface area contributed by atoms with Gasteiger partial charge in [-0.1, -0.05) is 5.69 Å². The van der Waals surface area contributed by atoms with Crippen molar-refractivity contribution in [3.05, 3.63) is 36.9 Å². The van der Waals surface area contributed by atoms with Crippen molar-refractivity contribution < 1.29 is 4.57 Å². The summed E-state index contributed by atoms with van der Waals surface area (Å²) in [5.41, 5.74) is 1.10. The molecule has 0 amide bonds. The molecule has 0 aliphatic rings. The molecule has 2 aromatic rings. The fourth-order valence-corrected chi connectivity index (χ4v) is 0.870. The third kappa shape index (κ3) is 0.719. The second-order valence-electron chi connectivity index (χ2n) is 2.01. The van der Waals surface area contributed by atoms with Gasteiger partial charge in [0.1, 0.15) is 12.7 Å². The van der Waals surface area contributed by atoms with E-state index in [1.807, 2.05) is 28.8 Å². The molecule has 0 aliphatic carbocycles. The summed E-state index contributed by atoms with van der Waals surface area (Å²) in [6.07, 6.45) is 3.35. The van der Waals surface area contributed by atoms with Gasteiger partial charge in [0.2, 0.25) is 0 Å². The first kappa shape index (κ1) is 5.29. The molecule has 0 bridgehead atoms. The van der Waals surface area contributed by atoms with E-state index in [4.69, 9.17) is 0 Å². The van der Waals surface area contributed by atoms with Gasteiger partial charge in [-0.25, -0.2) is 12.1 Å². The van der Waals surface area contributed by atoms with Gasteiger partial charge >= 0.3 is 0 Å². The van der Waals surface area contributed by atoms with Gasteiger partial charge in [0.05, 0.1) is 0 Å². The summed E-state index contributed by atoms with van der Waals surface area (Å²) in [4.78, 5) is 0. The Bertz CT molecular complexity index is 248. The molecule has 0 spiro atoms. The molecule has 0 aliphatic heterocycles. The van der Waals surface area contributed by atoms with Crippen LogP contribution in [0.25, 0.3) is 5.69 Å². The average Bonchev–Trinajstić information content (AvgIpc) is 2.59. The molecular formula is C7H6N3-. The summed E-state index contributed by atoms with van der Waals surface area (Å²) < 4.78 is 1.86. The molecule has 1 heterocycles. The van der Waals surface area contributed by atoms with Crippen LogP contribution < -0.4 is 4.57 Å². The molecule has 1 aromatic heterocycles. The zero-order valence-corrected chi connectivity index (χ0v) is 5.31. The van der Waals surface area contributed by atoms with E-state index in [1.54, 1.807) is 12.7 Å². The summed E-state index contributed by atoms with van der Waals surface area (Å²) >= 11 is 0. The van der Waals surface area contributed by atoms with Crippen LogP contribution in [-0.4, -0.2) is 10.2 Å². The van der Waals surface area contributed by atoms with Crippen molar-refractivity contribution in [1.82, 2.24) is 10.2 Å². The Labute approximate surface area is 58.3 Å². The lowest BCUT2D eigenvalue weighted by molar-refractivity contribution is -0.595. The molecular weight excluding hydrogens is 126 g/mol. The third-order valence-electron chi connectivity index (χ3n) is 1.36.